The van der Waals surface area contributed by atoms with Crippen LogP contribution in [-0.2, 0) is 4.74 Å². The fourth-order valence-corrected chi connectivity index (χ4v) is 1.32. The van der Waals surface area contributed by atoms with E-state index in [1.54, 1.807) is 25.3 Å². The first-order valence-corrected chi connectivity index (χ1v) is 6.03. The second-order valence-electron chi connectivity index (χ2n) is 5.22. The predicted molar refractivity (Wildman–Crippen MR) is 72.3 cm³/mol. The van der Waals surface area contributed by atoms with Crippen LogP contribution in [0.4, 0.5) is 4.39 Å². The number of rotatable bonds is 5. The first kappa shape index (κ1) is 14.7. The molecule has 0 bridgehead atoms. The molecule has 0 atom stereocenters. The molecule has 0 unspecified atom stereocenters. The van der Waals surface area contributed by atoms with Crippen molar-refractivity contribution in [3.8, 4) is 5.75 Å². The Bertz CT molecular complexity index is 405. The first-order valence-electron chi connectivity index (χ1n) is 6.03. The molecule has 0 heterocycles. The van der Waals surface area contributed by atoms with Crippen LogP contribution < -0.4 is 4.74 Å². The van der Waals surface area contributed by atoms with E-state index < -0.39 is 0 Å². The molecular weight excluding hydrogens is 231 g/mol. The highest BCUT2D eigenvalue weighted by molar-refractivity contribution is 5.53. The van der Waals surface area contributed by atoms with Crippen molar-refractivity contribution < 1.29 is 13.9 Å². The van der Waals surface area contributed by atoms with Crippen molar-refractivity contribution >= 4 is 6.08 Å². The van der Waals surface area contributed by atoms with Crippen molar-refractivity contribution in [3.05, 3.63) is 35.7 Å². The van der Waals surface area contributed by atoms with E-state index >= 15 is 0 Å². The van der Waals surface area contributed by atoms with Gasteiger partial charge in [-0.3, -0.25) is 0 Å². The summed E-state index contributed by atoms with van der Waals surface area (Å²) in [4.78, 5) is 0. The third kappa shape index (κ3) is 5.32. The number of hydrogen-bond acceptors (Lipinski definition) is 2. The maximum absolute atomic E-state index is 13.6. The summed E-state index contributed by atoms with van der Waals surface area (Å²) >= 11 is 0. The SMILES string of the molecule is COCCOc1ccc(F)c(/C=C/C(C)(C)C)c1. The summed E-state index contributed by atoms with van der Waals surface area (Å²) in [6, 6.07) is 4.75. The molecule has 0 aliphatic heterocycles. The molecule has 0 N–H and O–H groups in total. The van der Waals surface area contributed by atoms with Gasteiger partial charge in [0.05, 0.1) is 6.61 Å². The van der Waals surface area contributed by atoms with Crippen LogP contribution in [0.5, 0.6) is 5.75 Å². The lowest BCUT2D eigenvalue weighted by molar-refractivity contribution is 0.146. The molecule has 2 nitrogen and oxygen atoms in total. The smallest absolute Gasteiger partial charge is 0.130 e. The van der Waals surface area contributed by atoms with Gasteiger partial charge >= 0.3 is 0 Å². The summed E-state index contributed by atoms with van der Waals surface area (Å²) in [6.07, 6.45) is 3.77. The highest BCUT2D eigenvalue weighted by Gasteiger charge is 2.06. The molecule has 0 spiro atoms. The lowest BCUT2D eigenvalue weighted by Gasteiger charge is -2.12. The number of ether oxygens (including phenoxy) is 2. The normalized spacial score (nSPS) is 12.1. The molecule has 0 fully saturated rings. The summed E-state index contributed by atoms with van der Waals surface area (Å²) < 4.78 is 23.9. The summed E-state index contributed by atoms with van der Waals surface area (Å²) in [5, 5.41) is 0. The number of benzene rings is 1. The first-order chi connectivity index (χ1) is 8.42. The van der Waals surface area contributed by atoms with Gasteiger partial charge in [0.2, 0.25) is 0 Å². The van der Waals surface area contributed by atoms with Gasteiger partial charge in [0.25, 0.3) is 0 Å². The highest BCUT2D eigenvalue weighted by Crippen LogP contribution is 2.22. The molecule has 0 aliphatic carbocycles. The quantitative estimate of drug-likeness (QED) is 0.740. The molecule has 1 aromatic carbocycles. The second-order valence-corrected chi connectivity index (χ2v) is 5.22. The van der Waals surface area contributed by atoms with E-state index in [2.05, 4.69) is 20.8 Å². The van der Waals surface area contributed by atoms with Crippen LogP contribution in [0.25, 0.3) is 6.08 Å². The number of methoxy groups -OCH3 is 1. The topological polar surface area (TPSA) is 18.5 Å². The van der Waals surface area contributed by atoms with E-state index in [1.165, 1.54) is 6.07 Å². The maximum atomic E-state index is 13.6. The van der Waals surface area contributed by atoms with Crippen molar-refractivity contribution in [1.29, 1.82) is 0 Å². The fraction of sp³-hybridized carbons (Fsp3) is 0.467. The van der Waals surface area contributed by atoms with Crippen molar-refractivity contribution in [3.63, 3.8) is 0 Å². The van der Waals surface area contributed by atoms with E-state index in [4.69, 9.17) is 9.47 Å². The standard InChI is InChI=1S/C15H21FO2/c1-15(2,3)8-7-12-11-13(5-6-14(12)16)18-10-9-17-4/h5-8,11H,9-10H2,1-4H3/b8-7+. The molecular formula is C15H21FO2. The molecule has 18 heavy (non-hydrogen) atoms. The molecule has 0 aromatic heterocycles. The van der Waals surface area contributed by atoms with Crippen molar-refractivity contribution in [2.45, 2.75) is 20.8 Å². The van der Waals surface area contributed by atoms with E-state index in [9.17, 15) is 4.39 Å². The van der Waals surface area contributed by atoms with Crippen molar-refractivity contribution in [2.75, 3.05) is 20.3 Å². The molecule has 0 amide bonds. The van der Waals surface area contributed by atoms with Crippen LogP contribution in [0.1, 0.15) is 26.3 Å². The number of allylic oxidation sites excluding steroid dienone is 1. The number of halogens is 1. The van der Waals surface area contributed by atoms with Crippen LogP contribution in [0.15, 0.2) is 24.3 Å². The minimum atomic E-state index is -0.241. The van der Waals surface area contributed by atoms with Crippen LogP contribution in [0.2, 0.25) is 0 Å². The van der Waals surface area contributed by atoms with Crippen LogP contribution in [-0.4, -0.2) is 20.3 Å². The average Bonchev–Trinajstić information content (AvgIpc) is 2.29. The third-order valence-electron chi connectivity index (χ3n) is 2.29. The van der Waals surface area contributed by atoms with Gasteiger partial charge in [0, 0.05) is 12.7 Å². The summed E-state index contributed by atoms with van der Waals surface area (Å²) in [6.45, 7) is 7.19. The second kappa shape index (κ2) is 6.55. The largest absolute Gasteiger partial charge is 0.491 e. The van der Waals surface area contributed by atoms with Crippen molar-refractivity contribution in [1.82, 2.24) is 0 Å². The van der Waals surface area contributed by atoms with Gasteiger partial charge in [-0.15, -0.1) is 0 Å². The molecule has 0 saturated carbocycles. The van der Waals surface area contributed by atoms with E-state index in [0.29, 0.717) is 24.5 Å². The number of hydrogen-bond donors (Lipinski definition) is 0. The highest BCUT2D eigenvalue weighted by atomic mass is 19.1. The molecule has 1 rings (SSSR count). The van der Waals surface area contributed by atoms with E-state index in [-0.39, 0.29) is 11.2 Å². The molecule has 0 saturated heterocycles. The Kier molecular flexibility index (Phi) is 5.35. The van der Waals surface area contributed by atoms with Gasteiger partial charge < -0.3 is 9.47 Å². The van der Waals surface area contributed by atoms with Gasteiger partial charge in [-0.1, -0.05) is 32.9 Å². The van der Waals surface area contributed by atoms with Gasteiger partial charge in [-0.25, -0.2) is 4.39 Å². The maximum Gasteiger partial charge on any atom is 0.130 e. The fourth-order valence-electron chi connectivity index (χ4n) is 1.32. The zero-order valence-corrected chi connectivity index (χ0v) is 11.5. The molecule has 1 aromatic rings. The lowest BCUT2D eigenvalue weighted by Crippen LogP contribution is -2.04. The van der Waals surface area contributed by atoms with Crippen LogP contribution in [0, 0.1) is 11.2 Å². The predicted octanol–water partition coefficient (Wildman–Crippen LogP) is 3.91. The Labute approximate surface area is 108 Å². The van der Waals surface area contributed by atoms with Gasteiger partial charge in [0.1, 0.15) is 18.2 Å². The summed E-state index contributed by atoms with van der Waals surface area (Å²) in [7, 11) is 1.62. The van der Waals surface area contributed by atoms with Gasteiger partial charge in [-0.2, -0.15) is 0 Å². The Hall–Kier alpha value is -1.35. The Morgan fingerprint density at radius 1 is 1.22 bits per heavy atom. The third-order valence-corrected chi connectivity index (χ3v) is 2.29. The Morgan fingerprint density at radius 3 is 2.56 bits per heavy atom. The van der Waals surface area contributed by atoms with E-state index in [0.717, 1.165) is 0 Å². The molecule has 3 heteroatoms. The molecule has 0 radical (unpaired) electrons. The van der Waals surface area contributed by atoms with Crippen LogP contribution >= 0.6 is 0 Å². The van der Waals surface area contributed by atoms with Gasteiger partial charge in [0.15, 0.2) is 0 Å². The average molecular weight is 252 g/mol. The monoisotopic (exact) mass is 252 g/mol. The van der Waals surface area contributed by atoms with E-state index in [1.807, 2.05) is 6.08 Å². The Balaban J connectivity index is 2.78. The minimum absolute atomic E-state index is 0.0271. The van der Waals surface area contributed by atoms with Crippen LogP contribution in [0.3, 0.4) is 0 Å². The zero-order valence-electron chi connectivity index (χ0n) is 11.5. The Morgan fingerprint density at radius 2 is 1.94 bits per heavy atom. The lowest BCUT2D eigenvalue weighted by atomic mass is 9.95. The molecule has 0 aliphatic rings. The zero-order chi connectivity index (χ0) is 13.6. The summed E-state index contributed by atoms with van der Waals surface area (Å²) in [5.74, 6) is 0.414. The molecule has 100 valence electrons. The minimum Gasteiger partial charge on any atom is -0.491 e. The summed E-state index contributed by atoms with van der Waals surface area (Å²) in [5.41, 5.74) is 0.569. The van der Waals surface area contributed by atoms with Gasteiger partial charge in [-0.05, 0) is 23.6 Å². The van der Waals surface area contributed by atoms with Crippen molar-refractivity contribution in [2.24, 2.45) is 5.41 Å².